The van der Waals surface area contributed by atoms with Crippen molar-refractivity contribution in [1.82, 2.24) is 9.55 Å². The lowest BCUT2D eigenvalue weighted by Crippen LogP contribution is -2.10. The zero-order valence-electron chi connectivity index (χ0n) is 8.33. The lowest BCUT2D eigenvalue weighted by Gasteiger charge is -2.18. The van der Waals surface area contributed by atoms with Gasteiger partial charge in [0.25, 0.3) is 0 Å². The summed E-state index contributed by atoms with van der Waals surface area (Å²) in [7, 11) is 0. The number of aromatic nitrogens is 2. The zero-order chi connectivity index (χ0) is 9.47. The van der Waals surface area contributed by atoms with Crippen LogP contribution in [0.15, 0.2) is 12.4 Å². The van der Waals surface area contributed by atoms with E-state index in [4.69, 9.17) is 5.73 Å². The first-order valence-electron chi connectivity index (χ1n) is 4.87. The minimum atomic E-state index is 0.474. The van der Waals surface area contributed by atoms with Crippen LogP contribution in [0.5, 0.6) is 0 Å². The van der Waals surface area contributed by atoms with Crippen LogP contribution >= 0.6 is 0 Å². The van der Waals surface area contributed by atoms with Crippen LogP contribution in [0.2, 0.25) is 0 Å². The molecular weight excluding hydrogens is 162 g/mol. The number of nitrogens with zero attached hydrogens (tertiary/aromatic N) is 2. The van der Waals surface area contributed by atoms with Crippen molar-refractivity contribution < 1.29 is 0 Å². The molecule has 0 aliphatic heterocycles. The molecule has 1 aliphatic rings. The van der Waals surface area contributed by atoms with Crippen molar-refractivity contribution in [3.63, 3.8) is 0 Å². The normalized spacial score (nSPS) is 26.5. The number of nitrogens with two attached hydrogens (primary N) is 1. The first-order valence-corrected chi connectivity index (χ1v) is 4.87. The van der Waals surface area contributed by atoms with Gasteiger partial charge in [0.05, 0.1) is 0 Å². The van der Waals surface area contributed by atoms with Crippen LogP contribution in [-0.4, -0.2) is 9.55 Å². The van der Waals surface area contributed by atoms with Gasteiger partial charge in [-0.3, -0.25) is 0 Å². The number of rotatable bonds is 1. The molecule has 1 heterocycles. The highest BCUT2D eigenvalue weighted by Crippen LogP contribution is 2.43. The second-order valence-corrected chi connectivity index (χ2v) is 4.75. The van der Waals surface area contributed by atoms with Crippen LogP contribution in [0.1, 0.15) is 39.2 Å². The predicted octanol–water partition coefficient (Wildman–Crippen LogP) is 2.22. The summed E-state index contributed by atoms with van der Waals surface area (Å²) in [5, 5.41) is 0. The Morgan fingerprint density at radius 1 is 1.62 bits per heavy atom. The fourth-order valence-corrected chi connectivity index (χ4v) is 2.27. The smallest absolute Gasteiger partial charge is 0.200 e. The molecule has 1 unspecified atom stereocenters. The van der Waals surface area contributed by atoms with Gasteiger partial charge in [0.15, 0.2) is 5.95 Å². The minimum absolute atomic E-state index is 0.474. The van der Waals surface area contributed by atoms with E-state index < -0.39 is 0 Å². The first-order chi connectivity index (χ1) is 6.08. The molecule has 0 radical (unpaired) electrons. The van der Waals surface area contributed by atoms with Gasteiger partial charge in [0.1, 0.15) is 0 Å². The summed E-state index contributed by atoms with van der Waals surface area (Å²) in [6, 6.07) is 0.567. The summed E-state index contributed by atoms with van der Waals surface area (Å²) in [4.78, 5) is 4.05. The third-order valence-corrected chi connectivity index (χ3v) is 3.03. The van der Waals surface area contributed by atoms with Crippen LogP contribution in [-0.2, 0) is 0 Å². The van der Waals surface area contributed by atoms with Gasteiger partial charge in [-0.25, -0.2) is 4.98 Å². The van der Waals surface area contributed by atoms with Crippen molar-refractivity contribution in [1.29, 1.82) is 0 Å². The highest BCUT2D eigenvalue weighted by atomic mass is 15.2. The van der Waals surface area contributed by atoms with Gasteiger partial charge in [-0.05, 0) is 24.7 Å². The average molecular weight is 179 g/mol. The monoisotopic (exact) mass is 179 g/mol. The molecule has 1 atom stereocenters. The van der Waals surface area contributed by atoms with Crippen LogP contribution in [0.25, 0.3) is 0 Å². The Morgan fingerprint density at radius 3 is 2.85 bits per heavy atom. The minimum Gasteiger partial charge on any atom is -0.369 e. The summed E-state index contributed by atoms with van der Waals surface area (Å²) in [6.45, 7) is 4.64. The Kier molecular flexibility index (Phi) is 1.82. The molecule has 1 saturated carbocycles. The fourth-order valence-electron chi connectivity index (χ4n) is 2.27. The lowest BCUT2D eigenvalue weighted by molar-refractivity contribution is 0.360. The fraction of sp³-hybridized carbons (Fsp3) is 0.700. The maximum absolute atomic E-state index is 5.76. The highest BCUT2D eigenvalue weighted by Gasteiger charge is 2.32. The molecule has 0 bridgehead atoms. The highest BCUT2D eigenvalue weighted by molar-refractivity contribution is 5.18. The molecular formula is C10H17N3. The molecule has 0 saturated heterocycles. The molecule has 3 heteroatoms. The van der Waals surface area contributed by atoms with Crippen LogP contribution in [0, 0.1) is 5.41 Å². The van der Waals surface area contributed by atoms with E-state index in [-0.39, 0.29) is 0 Å². The molecule has 0 spiro atoms. The third-order valence-electron chi connectivity index (χ3n) is 3.03. The van der Waals surface area contributed by atoms with Crippen molar-refractivity contribution in [2.24, 2.45) is 5.41 Å². The van der Waals surface area contributed by atoms with E-state index in [2.05, 4.69) is 23.4 Å². The molecule has 3 nitrogen and oxygen atoms in total. The zero-order valence-corrected chi connectivity index (χ0v) is 8.33. The second-order valence-electron chi connectivity index (χ2n) is 4.75. The first kappa shape index (κ1) is 8.60. The number of nitrogen functional groups attached to an aromatic ring is 1. The number of anilines is 1. The Labute approximate surface area is 79.0 Å². The Hall–Kier alpha value is -0.990. The summed E-state index contributed by atoms with van der Waals surface area (Å²) >= 11 is 0. The average Bonchev–Trinajstić information content (AvgIpc) is 2.56. The Morgan fingerprint density at radius 2 is 2.38 bits per heavy atom. The topological polar surface area (TPSA) is 43.8 Å². The van der Waals surface area contributed by atoms with E-state index >= 15 is 0 Å². The van der Waals surface area contributed by atoms with Gasteiger partial charge in [-0.1, -0.05) is 13.8 Å². The van der Waals surface area contributed by atoms with Gasteiger partial charge >= 0.3 is 0 Å². The van der Waals surface area contributed by atoms with E-state index in [1.807, 2.05) is 6.20 Å². The van der Waals surface area contributed by atoms with Crippen molar-refractivity contribution >= 4 is 5.95 Å². The SMILES string of the molecule is CC1(C)CCC(n2ccnc2N)C1. The number of hydrogen-bond donors (Lipinski definition) is 1. The van der Waals surface area contributed by atoms with Crippen molar-refractivity contribution in [3.8, 4) is 0 Å². The number of hydrogen-bond acceptors (Lipinski definition) is 2. The van der Waals surface area contributed by atoms with Gasteiger partial charge in [-0.15, -0.1) is 0 Å². The molecule has 1 aromatic heterocycles. The van der Waals surface area contributed by atoms with Crippen LogP contribution in [0.4, 0.5) is 5.95 Å². The van der Waals surface area contributed by atoms with Crippen molar-refractivity contribution in [2.75, 3.05) is 5.73 Å². The lowest BCUT2D eigenvalue weighted by atomic mass is 9.92. The van der Waals surface area contributed by atoms with Gasteiger partial charge in [-0.2, -0.15) is 0 Å². The Balaban J connectivity index is 2.17. The maximum Gasteiger partial charge on any atom is 0.200 e. The molecule has 1 aromatic rings. The summed E-state index contributed by atoms with van der Waals surface area (Å²) in [6.07, 6.45) is 7.50. The van der Waals surface area contributed by atoms with Gasteiger partial charge in [0.2, 0.25) is 0 Å². The molecule has 1 fully saturated rings. The summed E-state index contributed by atoms with van der Waals surface area (Å²) < 4.78 is 2.11. The van der Waals surface area contributed by atoms with E-state index in [1.54, 1.807) is 6.20 Å². The second kappa shape index (κ2) is 2.76. The predicted molar refractivity (Wildman–Crippen MR) is 53.3 cm³/mol. The maximum atomic E-state index is 5.76. The molecule has 0 aromatic carbocycles. The van der Waals surface area contributed by atoms with E-state index in [0.717, 1.165) is 0 Å². The van der Waals surface area contributed by atoms with E-state index in [0.29, 0.717) is 17.4 Å². The molecule has 1 aliphatic carbocycles. The third kappa shape index (κ3) is 1.55. The van der Waals surface area contributed by atoms with E-state index in [9.17, 15) is 0 Å². The van der Waals surface area contributed by atoms with Gasteiger partial charge in [0, 0.05) is 18.4 Å². The largest absolute Gasteiger partial charge is 0.369 e. The summed E-state index contributed by atoms with van der Waals surface area (Å²) in [5.41, 5.74) is 6.23. The molecule has 0 amide bonds. The van der Waals surface area contributed by atoms with Crippen LogP contribution < -0.4 is 5.73 Å². The van der Waals surface area contributed by atoms with Gasteiger partial charge < -0.3 is 10.3 Å². The van der Waals surface area contributed by atoms with Crippen LogP contribution in [0.3, 0.4) is 0 Å². The standard InChI is InChI=1S/C10H17N3/c1-10(2)4-3-8(7-10)13-6-5-12-9(13)11/h5-6,8H,3-4,7H2,1-2H3,(H2,11,12). The van der Waals surface area contributed by atoms with Crippen molar-refractivity contribution in [2.45, 2.75) is 39.2 Å². The molecule has 2 rings (SSSR count). The molecule has 2 N–H and O–H groups in total. The number of imidazole rings is 1. The molecule has 13 heavy (non-hydrogen) atoms. The Bertz CT molecular complexity index is 301. The van der Waals surface area contributed by atoms with E-state index in [1.165, 1.54) is 19.3 Å². The molecule has 72 valence electrons. The summed E-state index contributed by atoms with van der Waals surface area (Å²) in [5.74, 6) is 0.655. The van der Waals surface area contributed by atoms with Crippen molar-refractivity contribution in [3.05, 3.63) is 12.4 Å². The quantitative estimate of drug-likeness (QED) is 0.718.